The molecule has 0 unspecified atom stereocenters. The Labute approximate surface area is 76.9 Å². The zero-order valence-corrected chi connectivity index (χ0v) is 3.21. The first-order valence-electron chi connectivity index (χ1n) is 1.35. The molecule has 0 aliphatic rings. The van der Waals surface area contributed by atoms with Crippen LogP contribution >= 0.6 is 0 Å². The van der Waals surface area contributed by atoms with E-state index < -0.39 is 0 Å². The van der Waals surface area contributed by atoms with Crippen LogP contribution in [0.15, 0.2) is 12.1 Å². The fourth-order valence-electron chi connectivity index (χ4n) is 0. The topological polar surface area (TPSA) is 0 Å². The normalized spacial score (nSPS) is 5.00. The van der Waals surface area contributed by atoms with E-state index in [1.807, 2.05) is 14.8 Å². The van der Waals surface area contributed by atoms with E-state index >= 15 is 0 Å². The Bertz CT molecular complexity index is 29.9. The summed E-state index contributed by atoms with van der Waals surface area (Å²) >= 11 is 0. The minimum absolute atomic E-state index is 0. The third-order valence-electron chi connectivity index (χ3n) is 0. The van der Waals surface area contributed by atoms with Crippen LogP contribution in [0.5, 0.6) is 0 Å². The summed E-state index contributed by atoms with van der Waals surface area (Å²) in [6.45, 7) is 5.53. The maximum atomic E-state index is 3.56. The number of rotatable bonds is 0. The summed E-state index contributed by atoms with van der Waals surface area (Å²) in [5.41, 5.74) is 1.17. The van der Waals surface area contributed by atoms with Gasteiger partial charge in [-0.3, -0.25) is 0 Å². The number of allylic oxidation sites excluding steroid dienone is 1. The third-order valence-corrected chi connectivity index (χ3v) is 0. The van der Waals surface area contributed by atoms with E-state index in [2.05, 4.69) is 6.58 Å². The number of hydrogen-bond donors (Lipinski definition) is 0. The molecule has 0 saturated carbocycles. The van der Waals surface area contributed by atoms with E-state index in [4.69, 9.17) is 0 Å². The summed E-state index contributed by atoms with van der Waals surface area (Å²) < 4.78 is 0. The molecule has 0 radical (unpaired) electrons. The zero-order valence-electron chi connectivity index (χ0n) is 3.21. The average molecular weight is 94.0 g/mol. The first kappa shape index (κ1) is 9.67. The Morgan fingerprint density at radius 1 is 1.80 bits per heavy atom. The Kier molecular flexibility index (Phi) is 10.5. The van der Waals surface area contributed by atoms with Crippen LogP contribution in [0.25, 0.3) is 0 Å². The zero-order chi connectivity index (χ0) is 3.58. The molecule has 0 bridgehead atoms. The molecule has 24 valence electrons. The van der Waals surface area contributed by atoms with Crippen LogP contribution in [-0.2, 0) is 0 Å². The van der Waals surface area contributed by atoms with Crippen molar-refractivity contribution < 1.29 is 0 Å². The van der Waals surface area contributed by atoms with Crippen molar-refractivity contribution in [2.75, 3.05) is 0 Å². The predicted molar refractivity (Wildman–Crippen MR) is 30.5 cm³/mol. The molecule has 0 atom stereocenters. The van der Waals surface area contributed by atoms with Gasteiger partial charge in [0.25, 0.3) is 0 Å². The third kappa shape index (κ3) is 31.0. The van der Waals surface area contributed by atoms with Crippen LogP contribution in [0, 0.1) is 0 Å². The van der Waals surface area contributed by atoms with E-state index in [0.29, 0.717) is 0 Å². The minimum atomic E-state index is 0. The molecule has 0 fully saturated rings. The Morgan fingerprint density at radius 3 is 1.80 bits per heavy atom. The van der Waals surface area contributed by atoms with Gasteiger partial charge in [0.2, 0.25) is 0 Å². The van der Waals surface area contributed by atoms with Gasteiger partial charge in [0.15, 0.2) is 0 Å². The van der Waals surface area contributed by atoms with Gasteiger partial charge in [-0.05, 0) is 0 Å². The summed E-state index contributed by atoms with van der Waals surface area (Å²) in [6.07, 6.45) is 0. The van der Waals surface area contributed by atoms with Crippen molar-refractivity contribution in [1.82, 2.24) is 0 Å². The fourth-order valence-corrected chi connectivity index (χ4v) is 0. The molecule has 5 heavy (non-hydrogen) atoms. The monoisotopic (exact) mass is 94.0 g/mol. The Hall–Kier alpha value is 1.44. The number of hydrogen-bond acceptors (Lipinski definition) is 0. The van der Waals surface area contributed by atoms with Crippen LogP contribution in [0.3, 0.4) is 0 Å². The van der Waals surface area contributed by atoms with Gasteiger partial charge in [-0.15, -0.1) is 12.1 Å². The van der Waals surface area contributed by atoms with E-state index in [-0.39, 0.29) is 51.4 Å². The average Bonchev–Trinajstić information content (AvgIpc) is 0.811. The van der Waals surface area contributed by atoms with Gasteiger partial charge >= 0.3 is 51.4 Å². The fraction of sp³-hybridized carbons (Fsp3) is 0.333. The van der Waals surface area contributed by atoms with Crippen molar-refractivity contribution in [3.8, 4) is 0 Å². The van der Waals surface area contributed by atoms with Gasteiger partial charge in [-0.2, -0.15) is 0 Å². The molecule has 0 spiro atoms. The van der Waals surface area contributed by atoms with Crippen molar-refractivity contribution in [2.45, 2.75) is 6.92 Å². The SMILES string of the molecule is BC(=C)C.[KH]. The second-order valence-electron chi connectivity index (χ2n) is 1.21. The maximum absolute atomic E-state index is 3.56. The molecule has 0 aliphatic carbocycles. The summed E-state index contributed by atoms with van der Waals surface area (Å²) in [7, 11) is 1.97. The molecule has 0 aliphatic heterocycles. The summed E-state index contributed by atoms with van der Waals surface area (Å²) in [5, 5.41) is 0. The van der Waals surface area contributed by atoms with Gasteiger partial charge in [0, 0.05) is 0 Å². The molecule has 0 rings (SSSR count). The molecule has 0 amide bonds. The van der Waals surface area contributed by atoms with Crippen LogP contribution in [0.1, 0.15) is 6.92 Å². The van der Waals surface area contributed by atoms with Gasteiger partial charge < -0.3 is 0 Å². The van der Waals surface area contributed by atoms with Gasteiger partial charge in [0.1, 0.15) is 7.85 Å². The second-order valence-corrected chi connectivity index (χ2v) is 1.21. The van der Waals surface area contributed by atoms with Crippen molar-refractivity contribution in [3.05, 3.63) is 12.1 Å². The first-order chi connectivity index (χ1) is 1.73. The van der Waals surface area contributed by atoms with Gasteiger partial charge in [-0.1, -0.05) is 6.92 Å². The first-order valence-corrected chi connectivity index (χ1v) is 1.35. The van der Waals surface area contributed by atoms with Crippen LogP contribution in [0.2, 0.25) is 0 Å². The van der Waals surface area contributed by atoms with Crippen LogP contribution in [-0.4, -0.2) is 59.2 Å². The molecule has 0 aromatic rings. The quantitative estimate of drug-likeness (QED) is 0.355. The summed E-state index contributed by atoms with van der Waals surface area (Å²) in [4.78, 5) is 0. The van der Waals surface area contributed by atoms with Gasteiger partial charge in [-0.25, -0.2) is 0 Å². The molecule has 0 N–H and O–H groups in total. The molecule has 0 aromatic carbocycles. The van der Waals surface area contributed by atoms with E-state index in [1.165, 1.54) is 5.47 Å². The molecule has 0 heterocycles. The summed E-state index contributed by atoms with van der Waals surface area (Å²) in [5.74, 6) is 0. The second kappa shape index (κ2) is 5.44. The Morgan fingerprint density at radius 2 is 1.80 bits per heavy atom. The van der Waals surface area contributed by atoms with Crippen molar-refractivity contribution in [3.63, 3.8) is 0 Å². The molecule has 0 aromatic heterocycles. The standard InChI is InChI=1S/C3H7B.K.H/c1-3(2)4;;/h1,4H2,2H3;;. The van der Waals surface area contributed by atoms with E-state index in [0.717, 1.165) is 0 Å². The molecule has 0 saturated heterocycles. The molecular formula is C3H8BK. The van der Waals surface area contributed by atoms with E-state index in [9.17, 15) is 0 Å². The van der Waals surface area contributed by atoms with Gasteiger partial charge in [0.05, 0.1) is 0 Å². The Balaban J connectivity index is 0. The van der Waals surface area contributed by atoms with Crippen LogP contribution in [0.4, 0.5) is 0 Å². The molecular weight excluding hydrogens is 85.9 g/mol. The predicted octanol–water partition coefficient (Wildman–Crippen LogP) is -0.495. The van der Waals surface area contributed by atoms with E-state index in [1.54, 1.807) is 0 Å². The summed E-state index contributed by atoms with van der Waals surface area (Å²) in [6, 6.07) is 0. The van der Waals surface area contributed by atoms with Crippen molar-refractivity contribution in [1.29, 1.82) is 0 Å². The van der Waals surface area contributed by atoms with Crippen molar-refractivity contribution >= 4 is 59.2 Å². The molecule has 0 nitrogen and oxygen atoms in total. The van der Waals surface area contributed by atoms with Crippen LogP contribution < -0.4 is 0 Å². The van der Waals surface area contributed by atoms with Crippen molar-refractivity contribution in [2.24, 2.45) is 0 Å². The molecule has 2 heteroatoms.